The van der Waals surface area contributed by atoms with E-state index in [0.717, 1.165) is 0 Å². The number of halogens is 1. The lowest BCUT2D eigenvalue weighted by molar-refractivity contribution is -0.118. The number of phenols is 1. The van der Waals surface area contributed by atoms with E-state index in [9.17, 15) is 14.7 Å². The minimum Gasteiger partial charge on any atom is -0.504 e. The number of rotatable bonds is 7. The van der Waals surface area contributed by atoms with Crippen molar-refractivity contribution in [1.82, 2.24) is 4.90 Å². The largest absolute Gasteiger partial charge is 0.504 e. The van der Waals surface area contributed by atoms with Gasteiger partial charge in [-0.1, -0.05) is 23.7 Å². The summed E-state index contributed by atoms with van der Waals surface area (Å²) in [5, 5.41) is 12.6. The molecule has 2 aromatic carbocycles. The Bertz CT molecular complexity index is 791. The van der Waals surface area contributed by atoms with Crippen LogP contribution in [0.1, 0.15) is 24.2 Å². The number of carbonyl (C=O) groups is 2. The number of ether oxygens (including phenoxy) is 1. The minimum atomic E-state index is -0.456. The van der Waals surface area contributed by atoms with Crippen LogP contribution in [-0.4, -0.2) is 41.5 Å². The first kappa shape index (κ1) is 19.6. The average molecular weight is 377 g/mol. The molecule has 0 aromatic heterocycles. The van der Waals surface area contributed by atoms with Crippen molar-refractivity contribution in [2.75, 3.05) is 25.0 Å². The molecular weight excluding hydrogens is 356 g/mol. The Balaban J connectivity index is 2.06. The molecule has 0 atom stereocenters. The molecule has 0 radical (unpaired) electrons. The van der Waals surface area contributed by atoms with Crippen molar-refractivity contribution in [3.8, 4) is 11.5 Å². The van der Waals surface area contributed by atoms with Gasteiger partial charge in [-0.25, -0.2) is 0 Å². The van der Waals surface area contributed by atoms with Crippen molar-refractivity contribution in [2.24, 2.45) is 0 Å². The standard InChI is InChI=1S/C19H21ClN2O4/c1-3-22(4-2)19(25)13-9-10-14(20)15(11-13)21-18(24)12-26-17-8-6-5-7-16(17)23/h5-11,23H,3-4,12H2,1-2H3,(H,21,24). The number of phenolic OH excluding ortho intramolecular Hbond substituents is 1. The SMILES string of the molecule is CCN(CC)C(=O)c1ccc(Cl)c(NC(=O)COc2ccccc2O)c1. The summed E-state index contributed by atoms with van der Waals surface area (Å²) in [5.74, 6) is -0.431. The Labute approximate surface area is 157 Å². The van der Waals surface area contributed by atoms with E-state index in [2.05, 4.69) is 5.32 Å². The smallest absolute Gasteiger partial charge is 0.262 e. The molecular formula is C19H21ClN2O4. The van der Waals surface area contributed by atoms with Crippen molar-refractivity contribution in [3.05, 3.63) is 53.1 Å². The molecule has 0 saturated carbocycles. The van der Waals surface area contributed by atoms with Gasteiger partial charge in [0, 0.05) is 18.7 Å². The van der Waals surface area contributed by atoms with Gasteiger partial charge in [0.15, 0.2) is 18.1 Å². The van der Waals surface area contributed by atoms with Crippen molar-refractivity contribution in [2.45, 2.75) is 13.8 Å². The molecule has 138 valence electrons. The summed E-state index contributed by atoms with van der Waals surface area (Å²) in [4.78, 5) is 26.2. The van der Waals surface area contributed by atoms with Crippen LogP contribution < -0.4 is 10.1 Å². The van der Waals surface area contributed by atoms with E-state index in [4.69, 9.17) is 16.3 Å². The van der Waals surface area contributed by atoms with Gasteiger partial charge < -0.3 is 20.1 Å². The summed E-state index contributed by atoms with van der Waals surface area (Å²) in [6, 6.07) is 11.1. The minimum absolute atomic E-state index is 0.0508. The Hall–Kier alpha value is -2.73. The third-order valence-electron chi connectivity index (χ3n) is 3.76. The van der Waals surface area contributed by atoms with Crippen LogP contribution in [0.4, 0.5) is 5.69 Å². The lowest BCUT2D eigenvalue weighted by Crippen LogP contribution is -2.30. The number of benzene rings is 2. The Kier molecular flexibility index (Phi) is 6.86. The highest BCUT2D eigenvalue weighted by Gasteiger charge is 2.15. The maximum atomic E-state index is 12.4. The predicted octanol–water partition coefficient (Wildman–Crippen LogP) is 3.55. The van der Waals surface area contributed by atoms with E-state index in [1.165, 1.54) is 6.07 Å². The molecule has 0 aliphatic carbocycles. The van der Waals surface area contributed by atoms with Crippen molar-refractivity contribution in [1.29, 1.82) is 0 Å². The third kappa shape index (κ3) is 4.89. The summed E-state index contributed by atoms with van der Waals surface area (Å²) < 4.78 is 5.28. The number of nitrogens with one attached hydrogen (secondary N) is 1. The van der Waals surface area contributed by atoms with Crippen molar-refractivity contribution < 1.29 is 19.4 Å². The summed E-state index contributed by atoms with van der Waals surface area (Å²) in [6.45, 7) is 4.68. The molecule has 2 amide bonds. The van der Waals surface area contributed by atoms with Gasteiger partial charge in [-0.3, -0.25) is 9.59 Å². The molecule has 2 rings (SSSR count). The fourth-order valence-electron chi connectivity index (χ4n) is 2.36. The first-order valence-electron chi connectivity index (χ1n) is 8.25. The Morgan fingerprint density at radius 2 is 1.85 bits per heavy atom. The molecule has 2 aromatic rings. The molecule has 0 unspecified atom stereocenters. The second kappa shape index (κ2) is 9.10. The lowest BCUT2D eigenvalue weighted by atomic mass is 10.1. The number of amides is 2. The second-order valence-corrected chi connectivity index (χ2v) is 5.88. The van der Waals surface area contributed by atoms with Crippen molar-refractivity contribution in [3.63, 3.8) is 0 Å². The third-order valence-corrected chi connectivity index (χ3v) is 4.09. The van der Waals surface area contributed by atoms with E-state index < -0.39 is 5.91 Å². The van der Waals surface area contributed by atoms with Crippen LogP contribution in [0.15, 0.2) is 42.5 Å². The first-order chi connectivity index (χ1) is 12.5. The number of anilines is 1. The van der Waals surface area contributed by atoms with Gasteiger partial charge in [-0.15, -0.1) is 0 Å². The highest BCUT2D eigenvalue weighted by Crippen LogP contribution is 2.25. The number of aromatic hydroxyl groups is 1. The van der Waals surface area contributed by atoms with Gasteiger partial charge in [0.2, 0.25) is 0 Å². The van der Waals surface area contributed by atoms with Crippen LogP contribution in [-0.2, 0) is 4.79 Å². The molecule has 7 heteroatoms. The average Bonchev–Trinajstić information content (AvgIpc) is 2.63. The second-order valence-electron chi connectivity index (χ2n) is 5.48. The van der Waals surface area contributed by atoms with Gasteiger partial charge in [0.05, 0.1) is 10.7 Å². The molecule has 0 fully saturated rings. The maximum Gasteiger partial charge on any atom is 0.262 e. The quantitative estimate of drug-likeness (QED) is 0.774. The van der Waals surface area contributed by atoms with Gasteiger partial charge in [0.25, 0.3) is 11.8 Å². The predicted molar refractivity (Wildman–Crippen MR) is 101 cm³/mol. The Morgan fingerprint density at radius 1 is 1.15 bits per heavy atom. The lowest BCUT2D eigenvalue weighted by Gasteiger charge is -2.19. The molecule has 0 aliphatic heterocycles. The summed E-state index contributed by atoms with van der Waals surface area (Å²) in [7, 11) is 0. The van der Waals surface area contributed by atoms with Crippen LogP contribution in [0.25, 0.3) is 0 Å². The molecule has 0 bridgehead atoms. The number of carbonyl (C=O) groups excluding carboxylic acids is 2. The monoisotopic (exact) mass is 376 g/mol. The van der Waals surface area contributed by atoms with E-state index in [1.807, 2.05) is 13.8 Å². The molecule has 0 aliphatic rings. The van der Waals surface area contributed by atoms with E-state index >= 15 is 0 Å². The summed E-state index contributed by atoms with van der Waals surface area (Å²) in [5.41, 5.74) is 0.769. The Morgan fingerprint density at radius 3 is 2.50 bits per heavy atom. The van der Waals surface area contributed by atoms with Crippen LogP contribution in [0.2, 0.25) is 5.02 Å². The number of para-hydroxylation sites is 2. The van der Waals surface area contributed by atoms with Gasteiger partial charge in [0.1, 0.15) is 0 Å². The normalized spacial score (nSPS) is 10.3. The van der Waals surface area contributed by atoms with Gasteiger partial charge >= 0.3 is 0 Å². The first-order valence-corrected chi connectivity index (χ1v) is 8.63. The summed E-state index contributed by atoms with van der Waals surface area (Å²) in [6.07, 6.45) is 0. The van der Waals surface area contributed by atoms with Gasteiger partial charge in [-0.2, -0.15) is 0 Å². The zero-order chi connectivity index (χ0) is 19.1. The van der Waals surface area contributed by atoms with Crippen LogP contribution in [0, 0.1) is 0 Å². The fraction of sp³-hybridized carbons (Fsp3) is 0.263. The van der Waals surface area contributed by atoms with Crippen LogP contribution in [0.5, 0.6) is 11.5 Å². The van der Waals surface area contributed by atoms with Crippen LogP contribution >= 0.6 is 11.6 Å². The summed E-state index contributed by atoms with van der Waals surface area (Å²) >= 11 is 6.11. The molecule has 0 saturated heterocycles. The molecule has 6 nitrogen and oxygen atoms in total. The molecule has 2 N–H and O–H groups in total. The zero-order valence-electron chi connectivity index (χ0n) is 14.7. The molecule has 0 spiro atoms. The molecule has 0 heterocycles. The van der Waals surface area contributed by atoms with E-state index in [1.54, 1.807) is 41.3 Å². The number of nitrogens with zero attached hydrogens (tertiary/aromatic N) is 1. The van der Waals surface area contributed by atoms with Crippen LogP contribution in [0.3, 0.4) is 0 Å². The zero-order valence-corrected chi connectivity index (χ0v) is 15.4. The highest BCUT2D eigenvalue weighted by molar-refractivity contribution is 6.33. The number of hydrogen-bond donors (Lipinski definition) is 2. The van der Waals surface area contributed by atoms with Crippen molar-refractivity contribution >= 4 is 29.1 Å². The highest BCUT2D eigenvalue weighted by atomic mass is 35.5. The maximum absolute atomic E-state index is 12.4. The number of hydrogen-bond acceptors (Lipinski definition) is 4. The fourth-order valence-corrected chi connectivity index (χ4v) is 2.52. The van der Waals surface area contributed by atoms with E-state index in [0.29, 0.717) is 29.4 Å². The van der Waals surface area contributed by atoms with E-state index in [-0.39, 0.29) is 24.0 Å². The topological polar surface area (TPSA) is 78.9 Å². The molecule has 26 heavy (non-hydrogen) atoms. The van der Waals surface area contributed by atoms with Gasteiger partial charge in [-0.05, 0) is 44.2 Å².